The normalized spacial score (nSPS) is 15.3. The number of carbonyl (C=O) groups is 2. The molecule has 0 unspecified atom stereocenters. The fourth-order valence-corrected chi connectivity index (χ4v) is 5.73. The van der Waals surface area contributed by atoms with Crippen molar-refractivity contribution in [2.75, 3.05) is 45.9 Å². The minimum absolute atomic E-state index is 0.0250. The number of rotatable bonds is 9. The second kappa shape index (κ2) is 11.8. The molecule has 39 heavy (non-hydrogen) atoms. The van der Waals surface area contributed by atoms with Crippen LogP contribution in [-0.2, 0) is 22.6 Å². The molecule has 3 aromatic rings. The third-order valence-corrected chi connectivity index (χ3v) is 7.78. The largest absolute Gasteiger partial charge is 0.493 e. The molecule has 2 aliphatic heterocycles. The third kappa shape index (κ3) is 5.57. The predicted octanol–water partition coefficient (Wildman–Crippen LogP) is 4.03. The standard InChI is InChI=1S/C30H36N4O5/c1-37-25-18-21(19-26(38-2)29(25)39-3)20-33-17-13-31-30(33)23-10-14-32(15-11-23)27(35)8-9-28(36)34-16-12-22-6-4-5-7-24(22)34/h4-7,13,17-19,23H,8-12,14-16,20H2,1-3H3. The molecule has 0 saturated carbocycles. The van der Waals surface area contributed by atoms with Gasteiger partial charge in [-0.15, -0.1) is 0 Å². The first-order valence-electron chi connectivity index (χ1n) is 13.5. The molecule has 0 N–H and O–H groups in total. The minimum Gasteiger partial charge on any atom is -0.493 e. The van der Waals surface area contributed by atoms with Gasteiger partial charge in [0.1, 0.15) is 5.82 Å². The number of fused-ring (bicyclic) bond motifs is 1. The number of hydrogen-bond acceptors (Lipinski definition) is 6. The molecule has 2 aliphatic rings. The van der Waals surface area contributed by atoms with E-state index in [-0.39, 0.29) is 30.6 Å². The highest BCUT2D eigenvalue weighted by Gasteiger charge is 2.28. The number of aromatic nitrogens is 2. The molecule has 0 atom stereocenters. The molecule has 0 spiro atoms. The van der Waals surface area contributed by atoms with Gasteiger partial charge in [0.25, 0.3) is 0 Å². The van der Waals surface area contributed by atoms with Crippen LogP contribution >= 0.6 is 0 Å². The fourth-order valence-electron chi connectivity index (χ4n) is 5.73. The Morgan fingerprint density at radius 1 is 0.923 bits per heavy atom. The van der Waals surface area contributed by atoms with Crippen LogP contribution in [0.15, 0.2) is 48.8 Å². The average molecular weight is 533 g/mol. The smallest absolute Gasteiger partial charge is 0.227 e. The van der Waals surface area contributed by atoms with Crippen LogP contribution in [0.5, 0.6) is 17.2 Å². The molecular weight excluding hydrogens is 496 g/mol. The summed E-state index contributed by atoms with van der Waals surface area (Å²) in [5, 5.41) is 0. The molecule has 206 valence electrons. The second-order valence-corrected chi connectivity index (χ2v) is 10.0. The van der Waals surface area contributed by atoms with Gasteiger partial charge in [0.2, 0.25) is 17.6 Å². The number of piperidine rings is 1. The molecule has 2 amide bonds. The second-order valence-electron chi connectivity index (χ2n) is 10.0. The monoisotopic (exact) mass is 532 g/mol. The van der Waals surface area contributed by atoms with Gasteiger partial charge >= 0.3 is 0 Å². The highest BCUT2D eigenvalue weighted by Crippen LogP contribution is 2.39. The highest BCUT2D eigenvalue weighted by molar-refractivity contribution is 5.97. The molecule has 0 aliphatic carbocycles. The van der Waals surface area contributed by atoms with E-state index < -0.39 is 0 Å². The van der Waals surface area contributed by atoms with Crippen molar-refractivity contribution in [2.45, 2.75) is 44.6 Å². The lowest BCUT2D eigenvalue weighted by atomic mass is 9.95. The summed E-state index contributed by atoms with van der Waals surface area (Å²) in [4.78, 5) is 34.2. The summed E-state index contributed by atoms with van der Waals surface area (Å²) in [5.74, 6) is 3.15. The van der Waals surface area contributed by atoms with Crippen LogP contribution in [0.25, 0.3) is 0 Å². The minimum atomic E-state index is 0.0250. The summed E-state index contributed by atoms with van der Waals surface area (Å²) in [5.41, 5.74) is 3.20. The molecule has 1 aromatic heterocycles. The average Bonchev–Trinajstić information content (AvgIpc) is 3.62. The predicted molar refractivity (Wildman–Crippen MR) is 148 cm³/mol. The van der Waals surface area contributed by atoms with Gasteiger partial charge < -0.3 is 28.6 Å². The van der Waals surface area contributed by atoms with Gasteiger partial charge in [-0.05, 0) is 48.6 Å². The number of carbonyl (C=O) groups excluding carboxylic acids is 2. The SMILES string of the molecule is COc1cc(Cn2ccnc2C2CCN(C(=O)CCC(=O)N3CCc4ccccc43)CC2)cc(OC)c1OC. The number of hydrogen-bond donors (Lipinski definition) is 0. The Morgan fingerprint density at radius 3 is 2.31 bits per heavy atom. The maximum atomic E-state index is 12.9. The number of amides is 2. The van der Waals surface area contributed by atoms with Crippen molar-refractivity contribution in [2.24, 2.45) is 0 Å². The van der Waals surface area contributed by atoms with E-state index in [1.54, 1.807) is 21.3 Å². The summed E-state index contributed by atoms with van der Waals surface area (Å²) in [6.45, 7) is 2.65. The maximum absolute atomic E-state index is 12.9. The number of ether oxygens (including phenoxy) is 3. The lowest BCUT2D eigenvalue weighted by Crippen LogP contribution is -2.39. The number of nitrogens with zero attached hydrogens (tertiary/aromatic N) is 4. The van der Waals surface area contributed by atoms with Crippen LogP contribution in [0, 0.1) is 0 Å². The summed E-state index contributed by atoms with van der Waals surface area (Å²) in [6.07, 6.45) is 6.85. The first kappa shape index (κ1) is 26.6. The van der Waals surface area contributed by atoms with Crippen LogP contribution in [0.3, 0.4) is 0 Å². The molecule has 3 heterocycles. The van der Waals surface area contributed by atoms with E-state index in [1.165, 1.54) is 5.56 Å². The Bertz CT molecular complexity index is 1300. The van der Waals surface area contributed by atoms with Crippen molar-refractivity contribution in [3.63, 3.8) is 0 Å². The third-order valence-electron chi connectivity index (χ3n) is 7.78. The number of methoxy groups -OCH3 is 3. The summed E-state index contributed by atoms with van der Waals surface area (Å²) >= 11 is 0. The Hall–Kier alpha value is -4.01. The zero-order valence-corrected chi connectivity index (χ0v) is 22.9. The molecule has 0 bridgehead atoms. The maximum Gasteiger partial charge on any atom is 0.227 e. The number of imidazole rings is 1. The number of likely N-dealkylation sites (tertiary alicyclic amines) is 1. The van der Waals surface area contributed by atoms with E-state index in [1.807, 2.05) is 52.5 Å². The Balaban J connectivity index is 1.16. The lowest BCUT2D eigenvalue weighted by molar-refractivity contribution is -0.134. The van der Waals surface area contributed by atoms with E-state index in [0.717, 1.165) is 36.3 Å². The van der Waals surface area contributed by atoms with Crippen LogP contribution in [0.4, 0.5) is 5.69 Å². The van der Waals surface area contributed by atoms with Crippen molar-refractivity contribution < 1.29 is 23.8 Å². The van der Waals surface area contributed by atoms with Crippen molar-refractivity contribution in [3.05, 3.63) is 65.7 Å². The van der Waals surface area contributed by atoms with E-state index in [0.29, 0.717) is 43.4 Å². The van der Waals surface area contributed by atoms with E-state index in [2.05, 4.69) is 15.6 Å². The molecule has 2 aromatic carbocycles. The zero-order valence-electron chi connectivity index (χ0n) is 22.9. The summed E-state index contributed by atoms with van der Waals surface area (Å²) in [7, 11) is 4.82. The van der Waals surface area contributed by atoms with Crippen LogP contribution < -0.4 is 19.1 Å². The first-order chi connectivity index (χ1) is 19.0. The van der Waals surface area contributed by atoms with Gasteiger partial charge in [-0.3, -0.25) is 9.59 Å². The highest BCUT2D eigenvalue weighted by atomic mass is 16.5. The molecule has 1 fully saturated rings. The fraction of sp³-hybridized carbons (Fsp3) is 0.433. The Labute approximate surface area is 229 Å². The number of para-hydroxylation sites is 1. The Morgan fingerprint density at radius 2 is 1.62 bits per heavy atom. The van der Waals surface area contributed by atoms with Gasteiger partial charge in [-0.25, -0.2) is 4.98 Å². The zero-order chi connectivity index (χ0) is 27.4. The molecule has 9 nitrogen and oxygen atoms in total. The van der Waals surface area contributed by atoms with Gasteiger partial charge in [0.05, 0.1) is 21.3 Å². The molecular formula is C30H36N4O5. The van der Waals surface area contributed by atoms with Crippen LogP contribution in [0.1, 0.15) is 48.6 Å². The van der Waals surface area contributed by atoms with Crippen molar-refractivity contribution >= 4 is 17.5 Å². The van der Waals surface area contributed by atoms with E-state index >= 15 is 0 Å². The number of anilines is 1. The van der Waals surface area contributed by atoms with E-state index in [9.17, 15) is 9.59 Å². The van der Waals surface area contributed by atoms with E-state index in [4.69, 9.17) is 14.2 Å². The molecule has 1 saturated heterocycles. The van der Waals surface area contributed by atoms with Crippen LogP contribution in [-0.4, -0.2) is 67.2 Å². The van der Waals surface area contributed by atoms with Crippen molar-refractivity contribution in [3.8, 4) is 17.2 Å². The van der Waals surface area contributed by atoms with Gasteiger partial charge in [-0.1, -0.05) is 18.2 Å². The van der Waals surface area contributed by atoms with Gasteiger partial charge in [-0.2, -0.15) is 0 Å². The molecule has 5 rings (SSSR count). The molecule has 9 heteroatoms. The molecule has 0 radical (unpaired) electrons. The van der Waals surface area contributed by atoms with Crippen molar-refractivity contribution in [1.82, 2.24) is 14.5 Å². The Kier molecular flexibility index (Phi) is 8.05. The van der Waals surface area contributed by atoms with Gasteiger partial charge in [0, 0.05) is 63.0 Å². The summed E-state index contributed by atoms with van der Waals surface area (Å²) < 4.78 is 18.6. The number of benzene rings is 2. The summed E-state index contributed by atoms with van der Waals surface area (Å²) in [6, 6.07) is 11.9. The topological polar surface area (TPSA) is 86.1 Å². The first-order valence-corrected chi connectivity index (χ1v) is 13.5. The van der Waals surface area contributed by atoms with Gasteiger partial charge in [0.15, 0.2) is 11.5 Å². The van der Waals surface area contributed by atoms with Crippen molar-refractivity contribution in [1.29, 1.82) is 0 Å². The quantitative estimate of drug-likeness (QED) is 0.414. The van der Waals surface area contributed by atoms with Crippen LogP contribution in [0.2, 0.25) is 0 Å². The lowest BCUT2D eigenvalue weighted by Gasteiger charge is -2.32.